The summed E-state index contributed by atoms with van der Waals surface area (Å²) in [4.78, 5) is 15.8. The standard InChI is InChI=1S/C59H37N3O/c1-5-17-42(18-6-1)56-48-37-51-55(47-26-14-16-28-50(47)63-51)52(54(48)46-25-13-15-27-49(46)60-56)40-33-29-38(30-34-40)39-31-35-41(36-32-39)53-57(43-19-7-2-8-20-43)61-59(45-23-11-4-12-24-45)62-58(53)44-21-9-3-10-22-44/h1-37H. The summed E-state index contributed by atoms with van der Waals surface area (Å²) in [5.41, 5.74) is 16.1. The molecule has 4 heteroatoms. The van der Waals surface area contributed by atoms with E-state index >= 15 is 0 Å². The van der Waals surface area contributed by atoms with Gasteiger partial charge in [-0.05, 0) is 40.5 Å². The molecule has 0 bridgehead atoms. The maximum atomic E-state index is 6.63. The van der Waals surface area contributed by atoms with Gasteiger partial charge in [0, 0.05) is 60.3 Å². The zero-order chi connectivity index (χ0) is 41.7. The lowest BCUT2D eigenvalue weighted by Gasteiger charge is -2.17. The van der Waals surface area contributed by atoms with Gasteiger partial charge in [0.05, 0.1) is 22.6 Å². The Morgan fingerprint density at radius 2 is 0.714 bits per heavy atom. The lowest BCUT2D eigenvalue weighted by Crippen LogP contribution is -2.00. The van der Waals surface area contributed by atoms with Gasteiger partial charge in [0.2, 0.25) is 0 Å². The molecule has 0 saturated heterocycles. The highest BCUT2D eigenvalue weighted by molar-refractivity contribution is 6.27. The quantitative estimate of drug-likeness (QED) is 0.151. The van der Waals surface area contributed by atoms with Crippen molar-refractivity contribution < 1.29 is 4.42 Å². The predicted octanol–water partition coefficient (Wildman–Crippen LogP) is 15.7. The third kappa shape index (κ3) is 6.36. The smallest absolute Gasteiger partial charge is 0.160 e. The zero-order valence-corrected chi connectivity index (χ0v) is 34.1. The predicted molar refractivity (Wildman–Crippen MR) is 260 cm³/mol. The maximum absolute atomic E-state index is 6.63. The molecule has 3 aromatic heterocycles. The fourth-order valence-electron chi connectivity index (χ4n) is 9.14. The van der Waals surface area contributed by atoms with Crippen LogP contribution in [0.4, 0.5) is 0 Å². The van der Waals surface area contributed by atoms with Crippen molar-refractivity contribution in [1.29, 1.82) is 0 Å². The molecule has 63 heavy (non-hydrogen) atoms. The van der Waals surface area contributed by atoms with Gasteiger partial charge in [-0.25, -0.2) is 15.0 Å². The van der Waals surface area contributed by atoms with E-state index < -0.39 is 0 Å². The first-order valence-electron chi connectivity index (χ1n) is 21.3. The molecule has 0 aliphatic carbocycles. The minimum Gasteiger partial charge on any atom is -0.456 e. The van der Waals surface area contributed by atoms with E-state index in [9.17, 15) is 0 Å². The summed E-state index contributed by atoms with van der Waals surface area (Å²) < 4.78 is 6.63. The van der Waals surface area contributed by atoms with Gasteiger partial charge in [0.25, 0.3) is 0 Å². The normalized spacial score (nSPS) is 11.5. The Hall–Kier alpha value is -8.47. The van der Waals surface area contributed by atoms with Gasteiger partial charge in [0.15, 0.2) is 5.82 Å². The average Bonchev–Trinajstić information content (AvgIpc) is 3.74. The Kier molecular flexibility index (Phi) is 8.79. The Morgan fingerprint density at radius 3 is 1.29 bits per heavy atom. The molecule has 0 aliphatic heterocycles. The molecule has 0 amide bonds. The third-order valence-electron chi connectivity index (χ3n) is 12.1. The van der Waals surface area contributed by atoms with Crippen LogP contribution in [0, 0.1) is 0 Å². The van der Waals surface area contributed by atoms with Crippen molar-refractivity contribution in [3.63, 3.8) is 0 Å². The van der Waals surface area contributed by atoms with E-state index in [1.54, 1.807) is 0 Å². The highest BCUT2D eigenvalue weighted by atomic mass is 16.3. The third-order valence-corrected chi connectivity index (χ3v) is 12.1. The minimum atomic E-state index is 0.696. The van der Waals surface area contributed by atoms with E-state index in [1.807, 2.05) is 42.5 Å². The molecule has 0 N–H and O–H groups in total. The molecule has 294 valence electrons. The molecule has 12 rings (SSSR count). The van der Waals surface area contributed by atoms with E-state index in [0.717, 1.165) is 111 Å². The van der Waals surface area contributed by atoms with Crippen LogP contribution in [0.2, 0.25) is 0 Å². The van der Waals surface area contributed by atoms with Gasteiger partial charge in [-0.1, -0.05) is 206 Å². The van der Waals surface area contributed by atoms with Crippen molar-refractivity contribution in [2.45, 2.75) is 0 Å². The molecular formula is C59H37N3O. The van der Waals surface area contributed by atoms with Crippen molar-refractivity contribution in [3.8, 4) is 78.5 Å². The molecule has 12 aromatic rings. The van der Waals surface area contributed by atoms with Gasteiger partial charge in [-0.15, -0.1) is 0 Å². The summed E-state index contributed by atoms with van der Waals surface area (Å²) in [7, 11) is 0. The lowest BCUT2D eigenvalue weighted by molar-refractivity contribution is 0.669. The van der Waals surface area contributed by atoms with Gasteiger partial charge < -0.3 is 4.42 Å². The van der Waals surface area contributed by atoms with Crippen LogP contribution in [-0.4, -0.2) is 15.0 Å². The summed E-state index contributed by atoms with van der Waals surface area (Å²) in [6.45, 7) is 0. The largest absolute Gasteiger partial charge is 0.456 e. The highest BCUT2D eigenvalue weighted by Crippen LogP contribution is 2.47. The number of fused-ring (bicyclic) bond motifs is 6. The van der Waals surface area contributed by atoms with E-state index in [4.69, 9.17) is 19.4 Å². The highest BCUT2D eigenvalue weighted by Gasteiger charge is 2.23. The Bertz CT molecular complexity index is 3560. The second-order valence-corrected chi connectivity index (χ2v) is 15.9. The Balaban J connectivity index is 1.01. The molecule has 0 radical (unpaired) electrons. The number of hydrogen-bond donors (Lipinski definition) is 0. The van der Waals surface area contributed by atoms with Crippen LogP contribution in [0.5, 0.6) is 0 Å². The van der Waals surface area contributed by atoms with E-state index in [1.165, 1.54) is 5.39 Å². The number of rotatable bonds is 7. The van der Waals surface area contributed by atoms with Gasteiger partial charge in [0.1, 0.15) is 11.2 Å². The second-order valence-electron chi connectivity index (χ2n) is 15.9. The van der Waals surface area contributed by atoms with E-state index in [2.05, 4.69) is 182 Å². The number of benzene rings is 9. The van der Waals surface area contributed by atoms with Crippen molar-refractivity contribution >= 4 is 43.6 Å². The molecule has 0 fully saturated rings. The van der Waals surface area contributed by atoms with Crippen LogP contribution in [0.25, 0.3) is 122 Å². The van der Waals surface area contributed by atoms with Crippen molar-refractivity contribution in [2.75, 3.05) is 0 Å². The number of para-hydroxylation sites is 2. The van der Waals surface area contributed by atoms with Crippen molar-refractivity contribution in [2.24, 2.45) is 0 Å². The maximum Gasteiger partial charge on any atom is 0.160 e. The fraction of sp³-hybridized carbons (Fsp3) is 0. The number of pyridine rings is 1. The van der Waals surface area contributed by atoms with Crippen LogP contribution in [0.15, 0.2) is 229 Å². The first kappa shape index (κ1) is 36.4. The van der Waals surface area contributed by atoms with E-state index in [0.29, 0.717) is 5.82 Å². The number of furan rings is 1. The monoisotopic (exact) mass is 803 g/mol. The zero-order valence-electron chi connectivity index (χ0n) is 34.1. The van der Waals surface area contributed by atoms with Crippen LogP contribution in [-0.2, 0) is 0 Å². The van der Waals surface area contributed by atoms with E-state index in [-0.39, 0.29) is 0 Å². The Labute approximate surface area is 364 Å². The number of aromatic nitrogens is 3. The topological polar surface area (TPSA) is 51.8 Å². The molecule has 0 unspecified atom stereocenters. The molecule has 0 saturated carbocycles. The summed E-state index contributed by atoms with van der Waals surface area (Å²) in [6, 6.07) is 78.4. The summed E-state index contributed by atoms with van der Waals surface area (Å²) in [6.07, 6.45) is 0. The molecule has 0 atom stereocenters. The van der Waals surface area contributed by atoms with Crippen LogP contribution in [0.1, 0.15) is 0 Å². The molecule has 0 spiro atoms. The molecule has 9 aromatic carbocycles. The van der Waals surface area contributed by atoms with Crippen LogP contribution in [0.3, 0.4) is 0 Å². The minimum absolute atomic E-state index is 0.696. The second kappa shape index (κ2) is 15.2. The Morgan fingerprint density at radius 1 is 0.270 bits per heavy atom. The van der Waals surface area contributed by atoms with Crippen molar-refractivity contribution in [1.82, 2.24) is 15.0 Å². The fourth-order valence-corrected chi connectivity index (χ4v) is 9.14. The summed E-state index contributed by atoms with van der Waals surface area (Å²) in [5.74, 6) is 0.696. The lowest BCUT2D eigenvalue weighted by atomic mass is 9.89. The van der Waals surface area contributed by atoms with Gasteiger partial charge in [-0.3, -0.25) is 0 Å². The molecule has 4 nitrogen and oxygen atoms in total. The molecule has 0 aliphatic rings. The van der Waals surface area contributed by atoms with Gasteiger partial charge >= 0.3 is 0 Å². The summed E-state index contributed by atoms with van der Waals surface area (Å²) >= 11 is 0. The summed E-state index contributed by atoms with van der Waals surface area (Å²) in [5, 5.41) is 5.54. The number of hydrogen-bond acceptors (Lipinski definition) is 4. The van der Waals surface area contributed by atoms with Gasteiger partial charge in [-0.2, -0.15) is 0 Å². The first-order chi connectivity index (χ1) is 31.2. The molecular weight excluding hydrogens is 767 g/mol. The van der Waals surface area contributed by atoms with Crippen LogP contribution < -0.4 is 0 Å². The number of nitrogens with zero attached hydrogens (tertiary/aromatic N) is 3. The SMILES string of the molecule is c1ccc(-c2nc(-c3ccccc3)c(-c3ccc(-c4ccc(-c5c6c(cc7c(-c8ccccc8)nc8ccccc8c57)oc5ccccc56)cc4)cc3)c(-c3ccccc3)n2)cc1. The average molecular weight is 804 g/mol. The first-order valence-corrected chi connectivity index (χ1v) is 21.3. The molecule has 3 heterocycles. The van der Waals surface area contributed by atoms with Crippen LogP contribution >= 0.6 is 0 Å². The van der Waals surface area contributed by atoms with Crippen molar-refractivity contribution in [3.05, 3.63) is 224 Å².